The topological polar surface area (TPSA) is 108 Å². The molecule has 0 spiro atoms. The van der Waals surface area contributed by atoms with Crippen molar-refractivity contribution in [3.63, 3.8) is 0 Å². The molecule has 1 aromatic carbocycles. The number of nitrogens with zero attached hydrogens (tertiary/aromatic N) is 5. The monoisotopic (exact) mass is 479 g/mol. The number of rotatable bonds is 7. The highest BCUT2D eigenvalue weighted by Gasteiger charge is 2.35. The lowest BCUT2D eigenvalue weighted by Crippen LogP contribution is -2.50. The number of aliphatic hydroxyl groups is 1. The van der Waals surface area contributed by atoms with Crippen molar-refractivity contribution in [2.24, 2.45) is 13.0 Å². The van der Waals surface area contributed by atoms with E-state index in [4.69, 9.17) is 4.74 Å². The van der Waals surface area contributed by atoms with Gasteiger partial charge in [0.15, 0.2) is 5.03 Å². The minimum absolute atomic E-state index is 0.0345. The zero-order valence-electron chi connectivity index (χ0n) is 20.0. The molecule has 1 N–H and O–H groups in total. The summed E-state index contributed by atoms with van der Waals surface area (Å²) in [7, 11) is 3.16. The molecule has 11 heteroatoms. The van der Waals surface area contributed by atoms with Crippen LogP contribution in [0.3, 0.4) is 0 Å². The van der Waals surface area contributed by atoms with Crippen LogP contribution in [0.4, 0.5) is 5.69 Å². The third-order valence-electron chi connectivity index (χ3n) is 5.96. The van der Waals surface area contributed by atoms with Crippen LogP contribution in [-0.4, -0.2) is 91.2 Å². The standard InChI is InChI=1S/C22H33N5O5S/c1-15-10-27(16(2)13-28)22(29)18-9-17(24(3)4)7-8-19(18)32-20(15)11-26(6)33(30,31)21-12-25(5)14-23-21/h7-9,12,14-16,20,28H,10-11,13H2,1-6H3/t15-,16-,20-/m0/s1. The van der Waals surface area contributed by atoms with Crippen molar-refractivity contribution in [3.05, 3.63) is 36.3 Å². The SMILES string of the molecule is C[C@H]1CN([C@@H](C)CO)C(=O)c2cc(N(C)C)ccc2O[C@H]1CN(C)S(=O)(=O)c1cn(C)cn1. The molecule has 0 saturated carbocycles. The maximum atomic E-state index is 13.4. The number of anilines is 1. The summed E-state index contributed by atoms with van der Waals surface area (Å²) in [5.74, 6) is -0.0399. The van der Waals surface area contributed by atoms with Gasteiger partial charge in [-0.05, 0) is 25.1 Å². The number of imidazole rings is 1. The van der Waals surface area contributed by atoms with E-state index in [1.165, 1.54) is 23.9 Å². The van der Waals surface area contributed by atoms with E-state index in [0.29, 0.717) is 17.9 Å². The second kappa shape index (κ2) is 9.70. The number of carbonyl (C=O) groups is 1. The van der Waals surface area contributed by atoms with Crippen LogP contribution < -0.4 is 9.64 Å². The van der Waals surface area contributed by atoms with Gasteiger partial charge < -0.3 is 24.2 Å². The first-order chi connectivity index (χ1) is 15.4. The van der Waals surface area contributed by atoms with Gasteiger partial charge in [0.05, 0.1) is 31.1 Å². The van der Waals surface area contributed by atoms with Crippen molar-refractivity contribution in [2.45, 2.75) is 31.0 Å². The molecule has 1 aliphatic rings. The van der Waals surface area contributed by atoms with Gasteiger partial charge in [0, 0.05) is 52.5 Å². The Morgan fingerprint density at radius 1 is 1.30 bits per heavy atom. The number of aromatic nitrogens is 2. The zero-order valence-corrected chi connectivity index (χ0v) is 20.8. The van der Waals surface area contributed by atoms with Crippen LogP contribution in [0.25, 0.3) is 0 Å². The fourth-order valence-corrected chi connectivity index (χ4v) is 4.88. The molecule has 3 atom stereocenters. The normalized spacial score (nSPS) is 20.1. The third kappa shape index (κ3) is 5.15. The van der Waals surface area contributed by atoms with Crippen molar-refractivity contribution in [1.29, 1.82) is 0 Å². The van der Waals surface area contributed by atoms with E-state index in [1.807, 2.05) is 32.0 Å². The molecule has 2 heterocycles. The molecule has 3 rings (SSSR count). The van der Waals surface area contributed by atoms with Gasteiger partial charge in [0.1, 0.15) is 11.9 Å². The van der Waals surface area contributed by atoms with E-state index in [-0.39, 0.29) is 30.0 Å². The van der Waals surface area contributed by atoms with Crippen molar-refractivity contribution in [3.8, 4) is 5.75 Å². The number of likely N-dealkylation sites (N-methyl/N-ethyl adjacent to an activating group) is 1. The van der Waals surface area contributed by atoms with Crippen LogP contribution in [0.2, 0.25) is 0 Å². The summed E-state index contributed by atoms with van der Waals surface area (Å²) in [6, 6.07) is 4.95. The van der Waals surface area contributed by atoms with Gasteiger partial charge >= 0.3 is 0 Å². The predicted octanol–water partition coefficient (Wildman–Crippen LogP) is 1.03. The fraction of sp³-hybridized carbons (Fsp3) is 0.545. The number of hydrogen-bond donors (Lipinski definition) is 1. The molecule has 1 amide bonds. The molecule has 1 aliphatic heterocycles. The van der Waals surface area contributed by atoms with Crippen LogP contribution in [0.1, 0.15) is 24.2 Å². The number of amides is 1. The summed E-state index contributed by atoms with van der Waals surface area (Å²) in [5.41, 5.74) is 1.22. The summed E-state index contributed by atoms with van der Waals surface area (Å²) in [6.07, 6.45) is 2.36. The lowest BCUT2D eigenvalue weighted by Gasteiger charge is -2.38. The van der Waals surface area contributed by atoms with Crippen LogP contribution in [0.5, 0.6) is 5.75 Å². The highest BCUT2D eigenvalue weighted by molar-refractivity contribution is 7.89. The van der Waals surface area contributed by atoms with E-state index in [1.54, 1.807) is 35.6 Å². The summed E-state index contributed by atoms with van der Waals surface area (Å²) in [5, 5.41) is 9.73. The second-order valence-corrected chi connectivity index (χ2v) is 10.9. The minimum atomic E-state index is -3.81. The average molecular weight is 480 g/mol. The van der Waals surface area contributed by atoms with Crippen LogP contribution in [0.15, 0.2) is 35.7 Å². The lowest BCUT2D eigenvalue weighted by atomic mass is 9.99. The Kier molecular flexibility index (Phi) is 7.35. The number of fused-ring (bicyclic) bond motifs is 1. The third-order valence-corrected chi connectivity index (χ3v) is 7.67. The lowest BCUT2D eigenvalue weighted by molar-refractivity contribution is 0.0387. The largest absolute Gasteiger partial charge is 0.488 e. The number of aryl methyl sites for hydroxylation is 1. The molecular weight excluding hydrogens is 446 g/mol. The quantitative estimate of drug-likeness (QED) is 0.632. The molecule has 0 saturated heterocycles. The predicted molar refractivity (Wildman–Crippen MR) is 125 cm³/mol. The number of ether oxygens (including phenoxy) is 1. The van der Waals surface area contributed by atoms with E-state index in [0.717, 1.165) is 5.69 Å². The molecule has 0 fully saturated rings. The van der Waals surface area contributed by atoms with Crippen molar-refractivity contribution in [2.75, 3.05) is 45.7 Å². The van der Waals surface area contributed by atoms with Gasteiger partial charge in [-0.25, -0.2) is 13.4 Å². The van der Waals surface area contributed by atoms with Gasteiger partial charge in [-0.15, -0.1) is 0 Å². The van der Waals surface area contributed by atoms with Gasteiger partial charge in [-0.2, -0.15) is 4.31 Å². The van der Waals surface area contributed by atoms with Gasteiger partial charge in [0.2, 0.25) is 0 Å². The molecule has 1 aromatic heterocycles. The summed E-state index contributed by atoms with van der Waals surface area (Å²) < 4.78 is 35.1. The highest BCUT2D eigenvalue weighted by atomic mass is 32.2. The van der Waals surface area contributed by atoms with Gasteiger partial charge in [-0.3, -0.25) is 4.79 Å². The first-order valence-corrected chi connectivity index (χ1v) is 12.2. The zero-order chi connectivity index (χ0) is 24.5. The molecule has 33 heavy (non-hydrogen) atoms. The Morgan fingerprint density at radius 2 is 2.00 bits per heavy atom. The Balaban J connectivity index is 1.98. The maximum absolute atomic E-state index is 13.4. The summed E-state index contributed by atoms with van der Waals surface area (Å²) >= 11 is 0. The summed E-state index contributed by atoms with van der Waals surface area (Å²) in [4.78, 5) is 20.9. The van der Waals surface area contributed by atoms with E-state index in [2.05, 4.69) is 4.98 Å². The molecule has 10 nitrogen and oxygen atoms in total. The van der Waals surface area contributed by atoms with E-state index < -0.39 is 22.2 Å². The Morgan fingerprint density at radius 3 is 2.58 bits per heavy atom. The number of carbonyl (C=O) groups excluding carboxylic acids is 1. The molecule has 182 valence electrons. The highest BCUT2D eigenvalue weighted by Crippen LogP contribution is 2.31. The Labute approximate surface area is 195 Å². The van der Waals surface area contributed by atoms with Crippen LogP contribution >= 0.6 is 0 Å². The first kappa shape index (κ1) is 25.0. The maximum Gasteiger partial charge on any atom is 0.261 e. The van der Waals surface area contributed by atoms with Crippen LogP contribution in [0, 0.1) is 5.92 Å². The van der Waals surface area contributed by atoms with E-state index >= 15 is 0 Å². The molecular formula is C22H33N5O5S. The molecule has 0 radical (unpaired) electrons. The number of benzene rings is 1. The minimum Gasteiger partial charge on any atom is -0.488 e. The van der Waals surface area contributed by atoms with Gasteiger partial charge in [-0.1, -0.05) is 6.92 Å². The van der Waals surface area contributed by atoms with Gasteiger partial charge in [0.25, 0.3) is 15.9 Å². The number of sulfonamides is 1. The van der Waals surface area contributed by atoms with Crippen molar-refractivity contribution in [1.82, 2.24) is 18.8 Å². The smallest absolute Gasteiger partial charge is 0.261 e. The molecule has 0 bridgehead atoms. The summed E-state index contributed by atoms with van der Waals surface area (Å²) in [6.45, 7) is 3.91. The Bertz CT molecular complexity index is 1100. The molecule has 0 aliphatic carbocycles. The van der Waals surface area contributed by atoms with Crippen LogP contribution in [-0.2, 0) is 17.1 Å². The Hall–Kier alpha value is -2.63. The van der Waals surface area contributed by atoms with E-state index in [9.17, 15) is 18.3 Å². The molecule has 2 aromatic rings. The number of hydrogen-bond acceptors (Lipinski definition) is 7. The molecule has 0 unspecified atom stereocenters. The average Bonchev–Trinajstić information content (AvgIpc) is 3.22. The first-order valence-electron chi connectivity index (χ1n) is 10.8. The van der Waals surface area contributed by atoms with Crippen molar-refractivity contribution >= 4 is 21.6 Å². The fourth-order valence-electron chi connectivity index (χ4n) is 3.74. The number of aliphatic hydroxyl groups excluding tert-OH is 1. The second-order valence-electron chi connectivity index (χ2n) is 8.86. The van der Waals surface area contributed by atoms with Crippen molar-refractivity contribution < 1.29 is 23.1 Å².